The molecule has 0 heterocycles. The summed E-state index contributed by atoms with van der Waals surface area (Å²) in [7, 11) is 1.64. The molecule has 0 aromatic heterocycles. The number of ether oxygens (including phenoxy) is 3. The van der Waals surface area contributed by atoms with E-state index in [4.69, 9.17) is 14.2 Å². The van der Waals surface area contributed by atoms with E-state index in [1.807, 2.05) is 51.1 Å². The van der Waals surface area contributed by atoms with Gasteiger partial charge in [-0.25, -0.2) is 4.79 Å². The molecule has 0 saturated carbocycles. The molecular weight excluding hydrogens is 490 g/mol. The molecule has 0 aliphatic heterocycles. The van der Waals surface area contributed by atoms with Gasteiger partial charge in [0.1, 0.15) is 17.2 Å². The van der Waals surface area contributed by atoms with Crippen molar-refractivity contribution in [1.29, 1.82) is 0 Å². The topological polar surface area (TPSA) is 68.2 Å². The quantitative estimate of drug-likeness (QED) is 0.210. The Morgan fingerprint density at radius 1 is 0.769 bits per heavy atom. The van der Waals surface area contributed by atoms with E-state index >= 15 is 0 Å². The number of hydrogen-bond acceptors (Lipinski definition) is 4. The Morgan fingerprint density at radius 3 is 1.92 bits per heavy atom. The van der Waals surface area contributed by atoms with Gasteiger partial charge in [-0.2, -0.15) is 0 Å². The first-order chi connectivity index (χ1) is 18.7. The largest absolute Gasteiger partial charge is 0.497 e. The molecule has 0 bridgehead atoms. The number of rotatable bonds is 14. The van der Waals surface area contributed by atoms with Gasteiger partial charge in [-0.15, -0.1) is 0 Å². The van der Waals surface area contributed by atoms with Crippen LogP contribution in [-0.2, 0) is 0 Å². The molecule has 3 aromatic carbocycles. The average molecular weight is 534 g/mol. The second-order valence-corrected chi connectivity index (χ2v) is 10.7. The lowest BCUT2D eigenvalue weighted by atomic mass is 9.99. The Balaban J connectivity index is 1.64. The van der Waals surface area contributed by atoms with Crippen LogP contribution in [0.25, 0.3) is 22.3 Å². The van der Waals surface area contributed by atoms with Crippen LogP contribution >= 0.6 is 0 Å². The summed E-state index contributed by atoms with van der Waals surface area (Å²) in [6, 6.07) is 22.5. The van der Waals surface area contributed by atoms with Crippen LogP contribution < -0.4 is 14.2 Å². The summed E-state index contributed by atoms with van der Waals surface area (Å²) in [6.45, 7) is 9.63. The first-order valence-electron chi connectivity index (χ1n) is 13.9. The number of carbonyl (C=O) groups is 1. The molecule has 0 atom stereocenters. The number of benzene rings is 3. The number of amides is 1. The van der Waals surface area contributed by atoms with Crippen molar-refractivity contribution in [2.75, 3.05) is 26.9 Å². The van der Waals surface area contributed by atoms with Crippen LogP contribution in [0.1, 0.15) is 59.8 Å². The van der Waals surface area contributed by atoms with Crippen LogP contribution in [0.5, 0.6) is 17.2 Å². The van der Waals surface area contributed by atoms with Gasteiger partial charge in [-0.1, -0.05) is 56.2 Å². The van der Waals surface area contributed by atoms with Gasteiger partial charge in [0.2, 0.25) is 0 Å². The van der Waals surface area contributed by atoms with E-state index in [0.717, 1.165) is 65.4 Å². The number of hydrogen-bond donors (Lipinski definition) is 1. The molecule has 0 fully saturated rings. The fourth-order valence-corrected chi connectivity index (χ4v) is 4.39. The smallest absolute Gasteiger partial charge is 0.407 e. The van der Waals surface area contributed by atoms with Crippen molar-refractivity contribution in [1.82, 2.24) is 4.90 Å². The summed E-state index contributed by atoms with van der Waals surface area (Å²) in [5.74, 6) is 2.38. The molecule has 3 aromatic rings. The monoisotopic (exact) mass is 533 g/mol. The molecule has 39 heavy (non-hydrogen) atoms. The predicted octanol–water partition coefficient (Wildman–Crippen LogP) is 8.54. The van der Waals surface area contributed by atoms with E-state index in [1.54, 1.807) is 7.11 Å². The molecular formula is C33H43NO5. The summed E-state index contributed by atoms with van der Waals surface area (Å²) in [4.78, 5) is 13.0. The van der Waals surface area contributed by atoms with Crippen molar-refractivity contribution in [2.24, 2.45) is 0 Å². The van der Waals surface area contributed by atoms with Gasteiger partial charge in [-0.05, 0) is 81.0 Å². The van der Waals surface area contributed by atoms with Crippen molar-refractivity contribution >= 4 is 6.09 Å². The SMILES string of the molecule is CCCCCOc1ccc(-c2ccc(-c3ccc(OC)cc3OCCCCN(C(=O)O)C(C)(C)C)cc2)cc1. The van der Waals surface area contributed by atoms with Crippen molar-refractivity contribution in [3.05, 3.63) is 66.7 Å². The van der Waals surface area contributed by atoms with Crippen LogP contribution in [0.4, 0.5) is 4.79 Å². The normalized spacial score (nSPS) is 11.2. The van der Waals surface area contributed by atoms with Gasteiger partial charge < -0.3 is 24.2 Å². The highest BCUT2D eigenvalue weighted by atomic mass is 16.5. The molecule has 0 radical (unpaired) electrons. The Kier molecular flexibility index (Phi) is 11.1. The highest BCUT2D eigenvalue weighted by molar-refractivity contribution is 5.75. The predicted molar refractivity (Wildman–Crippen MR) is 158 cm³/mol. The van der Waals surface area contributed by atoms with Crippen LogP contribution in [-0.4, -0.2) is 48.5 Å². The van der Waals surface area contributed by atoms with Crippen molar-refractivity contribution in [2.45, 2.75) is 65.3 Å². The minimum Gasteiger partial charge on any atom is -0.497 e. The number of methoxy groups -OCH3 is 1. The summed E-state index contributed by atoms with van der Waals surface area (Å²) < 4.78 is 17.4. The van der Waals surface area contributed by atoms with E-state index in [9.17, 15) is 9.90 Å². The number of nitrogens with zero attached hydrogens (tertiary/aromatic N) is 1. The lowest BCUT2D eigenvalue weighted by Gasteiger charge is -2.33. The first kappa shape index (κ1) is 29.9. The van der Waals surface area contributed by atoms with E-state index < -0.39 is 11.6 Å². The van der Waals surface area contributed by atoms with Crippen LogP contribution in [0.15, 0.2) is 66.7 Å². The van der Waals surface area contributed by atoms with Crippen molar-refractivity contribution in [3.8, 4) is 39.5 Å². The molecule has 0 spiro atoms. The minimum absolute atomic E-state index is 0.428. The summed E-state index contributed by atoms with van der Waals surface area (Å²) in [5, 5.41) is 9.49. The third-order valence-electron chi connectivity index (χ3n) is 6.66. The molecule has 3 rings (SSSR count). The fourth-order valence-electron chi connectivity index (χ4n) is 4.39. The lowest BCUT2D eigenvalue weighted by molar-refractivity contribution is 0.0980. The van der Waals surface area contributed by atoms with Gasteiger partial charge in [-0.3, -0.25) is 0 Å². The third-order valence-corrected chi connectivity index (χ3v) is 6.66. The van der Waals surface area contributed by atoms with Gasteiger partial charge in [0, 0.05) is 23.7 Å². The highest BCUT2D eigenvalue weighted by Crippen LogP contribution is 2.35. The maximum absolute atomic E-state index is 11.6. The molecule has 6 heteroatoms. The highest BCUT2D eigenvalue weighted by Gasteiger charge is 2.25. The molecule has 1 amide bonds. The number of carboxylic acid groups (broad SMARTS) is 1. The van der Waals surface area contributed by atoms with E-state index in [-0.39, 0.29) is 0 Å². The average Bonchev–Trinajstić information content (AvgIpc) is 2.92. The second kappa shape index (κ2) is 14.5. The summed E-state index contributed by atoms with van der Waals surface area (Å²) >= 11 is 0. The van der Waals surface area contributed by atoms with Crippen LogP contribution in [0.3, 0.4) is 0 Å². The Labute approximate surface area is 233 Å². The fraction of sp³-hybridized carbons (Fsp3) is 0.424. The minimum atomic E-state index is -0.895. The molecule has 6 nitrogen and oxygen atoms in total. The zero-order valence-electron chi connectivity index (χ0n) is 24.0. The first-order valence-corrected chi connectivity index (χ1v) is 13.9. The lowest BCUT2D eigenvalue weighted by Crippen LogP contribution is -2.45. The van der Waals surface area contributed by atoms with E-state index in [0.29, 0.717) is 13.2 Å². The van der Waals surface area contributed by atoms with Crippen LogP contribution in [0.2, 0.25) is 0 Å². The zero-order chi connectivity index (χ0) is 28.3. The van der Waals surface area contributed by atoms with E-state index in [1.165, 1.54) is 17.7 Å². The van der Waals surface area contributed by atoms with Crippen molar-refractivity contribution < 1.29 is 24.1 Å². The Hall–Kier alpha value is -3.67. The molecule has 1 N–H and O–H groups in total. The van der Waals surface area contributed by atoms with Gasteiger partial charge in [0.05, 0.1) is 20.3 Å². The molecule has 210 valence electrons. The summed E-state index contributed by atoms with van der Waals surface area (Å²) in [5.41, 5.74) is 3.88. The van der Waals surface area contributed by atoms with Gasteiger partial charge in [0.15, 0.2) is 0 Å². The van der Waals surface area contributed by atoms with Gasteiger partial charge >= 0.3 is 6.09 Å². The Morgan fingerprint density at radius 2 is 1.33 bits per heavy atom. The number of unbranched alkanes of at least 4 members (excludes halogenated alkanes) is 3. The maximum Gasteiger partial charge on any atom is 0.407 e. The molecule has 0 aliphatic rings. The zero-order valence-corrected chi connectivity index (χ0v) is 24.0. The van der Waals surface area contributed by atoms with Crippen molar-refractivity contribution in [3.63, 3.8) is 0 Å². The Bertz CT molecular complexity index is 1170. The summed E-state index contributed by atoms with van der Waals surface area (Å²) in [6.07, 6.45) is 4.03. The van der Waals surface area contributed by atoms with Gasteiger partial charge in [0.25, 0.3) is 0 Å². The maximum atomic E-state index is 11.6. The second-order valence-electron chi connectivity index (χ2n) is 10.7. The van der Waals surface area contributed by atoms with Crippen LogP contribution in [0, 0.1) is 0 Å². The van der Waals surface area contributed by atoms with E-state index in [2.05, 4.69) is 43.3 Å². The molecule has 0 saturated heterocycles. The third kappa shape index (κ3) is 8.95. The molecule has 0 aliphatic carbocycles. The molecule has 0 unspecified atom stereocenters. The standard InChI is InChI=1S/C33H43NO5/c1-6-7-9-22-38-28-17-15-26(16-18-28)25-11-13-27(14-12-25)30-20-19-29(37-5)24-31(30)39-23-10-8-21-34(32(35)36)33(2,3)4/h11-20,24H,6-10,21-23H2,1-5H3,(H,35,36).